The molecule has 182 valence electrons. The number of ether oxygens (including phenoxy) is 5. The second-order valence-electron chi connectivity index (χ2n) is 7.90. The number of rotatable bonds is 8. The maximum absolute atomic E-state index is 12.7. The molecule has 3 aromatic rings. The van der Waals surface area contributed by atoms with Crippen LogP contribution < -0.4 is 4.74 Å². The van der Waals surface area contributed by atoms with Crippen molar-refractivity contribution in [3.63, 3.8) is 0 Å². The van der Waals surface area contributed by atoms with Gasteiger partial charge in [0, 0.05) is 0 Å². The maximum atomic E-state index is 12.7. The van der Waals surface area contributed by atoms with Gasteiger partial charge in [0.2, 0.25) is 0 Å². The molecule has 4 atom stereocenters. The highest BCUT2D eigenvalue weighted by Crippen LogP contribution is 2.25. The van der Waals surface area contributed by atoms with Gasteiger partial charge in [-0.1, -0.05) is 48.5 Å². The molecule has 1 saturated heterocycles. The van der Waals surface area contributed by atoms with Crippen LogP contribution >= 0.6 is 0 Å². The van der Waals surface area contributed by atoms with Crippen LogP contribution in [0.1, 0.15) is 26.3 Å². The van der Waals surface area contributed by atoms with E-state index >= 15 is 0 Å². The molecule has 0 amide bonds. The quantitative estimate of drug-likeness (QED) is 0.492. The van der Waals surface area contributed by atoms with Gasteiger partial charge < -0.3 is 28.8 Å². The number of benzene rings is 3. The second-order valence-corrected chi connectivity index (χ2v) is 7.90. The van der Waals surface area contributed by atoms with Crippen molar-refractivity contribution >= 4 is 11.9 Å². The van der Waals surface area contributed by atoms with Crippen molar-refractivity contribution in [2.24, 2.45) is 0 Å². The van der Waals surface area contributed by atoms with Crippen molar-refractivity contribution in [3.8, 4) is 5.75 Å². The van der Waals surface area contributed by atoms with Crippen LogP contribution in [0.3, 0.4) is 0 Å². The Bertz CT molecular complexity index is 1100. The minimum absolute atomic E-state index is 0.129. The predicted molar refractivity (Wildman–Crippen MR) is 125 cm³/mol. The Morgan fingerprint density at radius 2 is 1.43 bits per heavy atom. The van der Waals surface area contributed by atoms with Crippen LogP contribution in [0, 0.1) is 0 Å². The van der Waals surface area contributed by atoms with E-state index in [0.29, 0.717) is 16.9 Å². The lowest BCUT2D eigenvalue weighted by molar-refractivity contribution is -0.272. The fourth-order valence-electron chi connectivity index (χ4n) is 3.60. The molecule has 0 aliphatic carbocycles. The van der Waals surface area contributed by atoms with Crippen molar-refractivity contribution in [2.75, 3.05) is 13.7 Å². The van der Waals surface area contributed by atoms with E-state index in [1.165, 1.54) is 0 Å². The number of esters is 2. The number of hydrogen-bond acceptors (Lipinski definition) is 8. The average molecular weight is 478 g/mol. The number of methoxy groups -OCH3 is 1. The van der Waals surface area contributed by atoms with E-state index in [2.05, 4.69) is 0 Å². The van der Waals surface area contributed by atoms with Gasteiger partial charge in [-0.3, -0.25) is 0 Å². The van der Waals surface area contributed by atoms with Crippen LogP contribution in [0.15, 0.2) is 84.9 Å². The highest BCUT2D eigenvalue weighted by molar-refractivity contribution is 5.90. The first-order valence-corrected chi connectivity index (χ1v) is 11.1. The summed E-state index contributed by atoms with van der Waals surface area (Å²) in [5.74, 6) is -0.574. The normalized spacial score (nSPS) is 21.7. The average Bonchev–Trinajstić information content (AvgIpc) is 2.91. The van der Waals surface area contributed by atoms with E-state index < -0.39 is 36.5 Å². The highest BCUT2D eigenvalue weighted by Gasteiger charge is 2.45. The Labute approximate surface area is 203 Å². The lowest BCUT2D eigenvalue weighted by Gasteiger charge is -2.38. The van der Waals surface area contributed by atoms with E-state index in [0.717, 1.165) is 5.56 Å². The minimum atomic E-state index is -1.40. The molecule has 0 bridgehead atoms. The zero-order chi connectivity index (χ0) is 24.6. The molecule has 1 aliphatic rings. The molecule has 0 spiro atoms. The SMILES string of the molecule is COc1ccc(CO[C@@H]2OC[C@H](OC(=O)c3ccccc3)[C@H](OC(=O)c3ccccc3)[C@H]2O)cc1. The zero-order valence-corrected chi connectivity index (χ0v) is 19.1. The van der Waals surface area contributed by atoms with Crippen molar-refractivity contribution < 1.29 is 38.4 Å². The number of aliphatic hydroxyl groups is 1. The van der Waals surface area contributed by atoms with Gasteiger partial charge in [0.15, 0.2) is 18.5 Å². The second kappa shape index (κ2) is 11.6. The zero-order valence-electron chi connectivity index (χ0n) is 19.1. The van der Waals surface area contributed by atoms with Crippen LogP contribution in [0.2, 0.25) is 0 Å². The number of hydrogen-bond donors (Lipinski definition) is 1. The lowest BCUT2D eigenvalue weighted by Crippen LogP contribution is -2.56. The largest absolute Gasteiger partial charge is 0.497 e. The number of aliphatic hydroxyl groups excluding tert-OH is 1. The van der Waals surface area contributed by atoms with Crippen LogP contribution in [0.5, 0.6) is 5.75 Å². The van der Waals surface area contributed by atoms with Gasteiger partial charge in [0.25, 0.3) is 0 Å². The molecule has 0 saturated carbocycles. The Balaban J connectivity index is 1.47. The van der Waals surface area contributed by atoms with Crippen LogP contribution in [-0.4, -0.2) is 55.4 Å². The summed E-state index contributed by atoms with van der Waals surface area (Å²) in [5.41, 5.74) is 1.46. The van der Waals surface area contributed by atoms with Crippen molar-refractivity contribution in [1.82, 2.24) is 0 Å². The van der Waals surface area contributed by atoms with Gasteiger partial charge in [-0.25, -0.2) is 9.59 Å². The molecule has 8 heteroatoms. The molecular formula is C27H26O8. The standard InChI is InChI=1S/C27H26O8/c1-31-21-14-12-18(13-15-21)16-32-27-23(28)24(35-26(30)20-10-6-3-7-11-20)22(17-33-27)34-25(29)19-8-4-2-5-9-19/h2-15,22-24,27-28H,16-17H2,1H3/t22-,23+,24-,27+/m0/s1. The van der Waals surface area contributed by atoms with E-state index in [1.807, 2.05) is 12.1 Å². The van der Waals surface area contributed by atoms with Gasteiger partial charge in [0.1, 0.15) is 11.9 Å². The fraction of sp³-hybridized carbons (Fsp3) is 0.259. The smallest absolute Gasteiger partial charge is 0.338 e. The first-order chi connectivity index (χ1) is 17.0. The third-order valence-corrected chi connectivity index (χ3v) is 5.50. The lowest BCUT2D eigenvalue weighted by atomic mass is 10.0. The predicted octanol–water partition coefficient (Wildman–Crippen LogP) is 3.38. The van der Waals surface area contributed by atoms with E-state index in [4.69, 9.17) is 23.7 Å². The number of carbonyl (C=O) groups is 2. The molecule has 3 aromatic carbocycles. The topological polar surface area (TPSA) is 101 Å². The first-order valence-electron chi connectivity index (χ1n) is 11.1. The summed E-state index contributed by atoms with van der Waals surface area (Å²) in [4.78, 5) is 25.4. The van der Waals surface area contributed by atoms with Gasteiger partial charge in [0.05, 0.1) is 31.5 Å². The van der Waals surface area contributed by atoms with Gasteiger partial charge in [-0.05, 0) is 42.0 Å². The summed E-state index contributed by atoms with van der Waals surface area (Å²) < 4.78 is 27.7. The summed E-state index contributed by atoms with van der Waals surface area (Å²) in [5, 5.41) is 11.0. The molecule has 1 heterocycles. The van der Waals surface area contributed by atoms with Crippen molar-refractivity contribution in [3.05, 3.63) is 102 Å². The van der Waals surface area contributed by atoms with Crippen LogP contribution in [0.4, 0.5) is 0 Å². The molecule has 1 aliphatic heterocycles. The molecule has 35 heavy (non-hydrogen) atoms. The van der Waals surface area contributed by atoms with E-state index in [-0.39, 0.29) is 13.2 Å². The monoisotopic (exact) mass is 478 g/mol. The Morgan fingerprint density at radius 1 is 0.857 bits per heavy atom. The summed E-state index contributed by atoms with van der Waals surface area (Å²) in [7, 11) is 1.58. The molecule has 8 nitrogen and oxygen atoms in total. The first kappa shape index (κ1) is 24.4. The van der Waals surface area contributed by atoms with Gasteiger partial charge in [-0.15, -0.1) is 0 Å². The van der Waals surface area contributed by atoms with Crippen LogP contribution in [-0.2, 0) is 25.6 Å². The summed E-state index contributed by atoms with van der Waals surface area (Å²) in [6, 6.07) is 24.0. The molecule has 4 rings (SSSR count). The number of carbonyl (C=O) groups excluding carboxylic acids is 2. The summed E-state index contributed by atoms with van der Waals surface area (Å²) in [6.07, 6.45) is -4.74. The summed E-state index contributed by atoms with van der Waals surface area (Å²) >= 11 is 0. The van der Waals surface area contributed by atoms with E-state index in [9.17, 15) is 14.7 Å². The van der Waals surface area contributed by atoms with E-state index in [1.54, 1.807) is 79.9 Å². The fourth-order valence-corrected chi connectivity index (χ4v) is 3.60. The molecule has 1 N–H and O–H groups in total. The van der Waals surface area contributed by atoms with Gasteiger partial charge >= 0.3 is 11.9 Å². The molecule has 0 aromatic heterocycles. The highest BCUT2D eigenvalue weighted by atomic mass is 16.7. The third kappa shape index (κ3) is 6.24. The Kier molecular flexibility index (Phi) is 8.10. The minimum Gasteiger partial charge on any atom is -0.497 e. The molecule has 0 radical (unpaired) electrons. The molecule has 1 fully saturated rings. The van der Waals surface area contributed by atoms with Gasteiger partial charge in [-0.2, -0.15) is 0 Å². The Morgan fingerprint density at radius 3 is 2.00 bits per heavy atom. The van der Waals surface area contributed by atoms with Crippen molar-refractivity contribution in [2.45, 2.75) is 31.2 Å². The maximum Gasteiger partial charge on any atom is 0.338 e. The van der Waals surface area contributed by atoms with Crippen LogP contribution in [0.25, 0.3) is 0 Å². The third-order valence-electron chi connectivity index (χ3n) is 5.50. The summed E-state index contributed by atoms with van der Waals surface area (Å²) in [6.45, 7) is 0.00912. The van der Waals surface area contributed by atoms with Crippen molar-refractivity contribution in [1.29, 1.82) is 0 Å². The Hall–Kier alpha value is -3.72. The molecular weight excluding hydrogens is 452 g/mol. The molecule has 0 unspecified atom stereocenters.